The number of aromatic nitrogens is 1. The Bertz CT molecular complexity index is 937. The summed E-state index contributed by atoms with van der Waals surface area (Å²) in [6, 6.07) is 9.72. The van der Waals surface area contributed by atoms with Gasteiger partial charge in [0.1, 0.15) is 22.2 Å². The van der Waals surface area contributed by atoms with Crippen LogP contribution >= 0.6 is 22.7 Å². The van der Waals surface area contributed by atoms with E-state index in [1.807, 2.05) is 46.0 Å². The lowest BCUT2D eigenvalue weighted by atomic mass is 10.0. The first-order valence-corrected chi connectivity index (χ1v) is 10.5. The van der Waals surface area contributed by atoms with Gasteiger partial charge in [-0.15, -0.1) is 22.7 Å². The Kier molecular flexibility index (Phi) is 5.13. The van der Waals surface area contributed by atoms with Crippen LogP contribution < -0.4 is 9.47 Å². The van der Waals surface area contributed by atoms with Crippen LogP contribution in [0.2, 0.25) is 0 Å². The predicted octanol–water partition coefficient (Wildman–Crippen LogP) is 4.87. The quantitative estimate of drug-likeness (QED) is 0.613. The van der Waals surface area contributed by atoms with Crippen molar-refractivity contribution in [1.29, 1.82) is 0 Å². The van der Waals surface area contributed by atoms with E-state index in [1.54, 1.807) is 25.6 Å². The molecule has 1 amide bonds. The molecule has 1 aliphatic rings. The number of thiophene rings is 1. The summed E-state index contributed by atoms with van der Waals surface area (Å²) in [5.41, 5.74) is 1.49. The molecule has 0 aliphatic carbocycles. The van der Waals surface area contributed by atoms with E-state index in [2.05, 4.69) is 4.98 Å². The van der Waals surface area contributed by atoms with Crippen LogP contribution in [0.3, 0.4) is 0 Å². The SMILES string of the molecule is COc1ccc(OC)c([C@H]2CCCN2C(=O)c2csc(-c3cccs3)n2)c1. The highest BCUT2D eigenvalue weighted by Crippen LogP contribution is 2.40. The molecule has 140 valence electrons. The number of ether oxygens (including phenoxy) is 2. The summed E-state index contributed by atoms with van der Waals surface area (Å²) in [6.07, 6.45) is 1.86. The van der Waals surface area contributed by atoms with Crippen LogP contribution in [0.5, 0.6) is 11.5 Å². The summed E-state index contributed by atoms with van der Waals surface area (Å²) in [7, 11) is 3.30. The first kappa shape index (κ1) is 18.0. The number of carbonyl (C=O) groups excluding carboxylic acids is 1. The van der Waals surface area contributed by atoms with Crippen molar-refractivity contribution in [2.75, 3.05) is 20.8 Å². The maximum atomic E-state index is 13.2. The number of benzene rings is 1. The zero-order chi connectivity index (χ0) is 18.8. The van der Waals surface area contributed by atoms with Gasteiger partial charge in [-0.3, -0.25) is 4.79 Å². The van der Waals surface area contributed by atoms with Gasteiger partial charge in [0.15, 0.2) is 0 Å². The zero-order valence-corrected chi connectivity index (χ0v) is 16.8. The molecule has 7 heteroatoms. The van der Waals surface area contributed by atoms with Gasteiger partial charge in [0.05, 0.1) is 25.1 Å². The smallest absolute Gasteiger partial charge is 0.273 e. The van der Waals surface area contributed by atoms with Crippen molar-refractivity contribution in [3.05, 3.63) is 52.3 Å². The molecule has 0 radical (unpaired) electrons. The Hall–Kier alpha value is -2.38. The van der Waals surface area contributed by atoms with Crippen molar-refractivity contribution in [3.8, 4) is 21.4 Å². The maximum absolute atomic E-state index is 13.2. The topological polar surface area (TPSA) is 51.7 Å². The van der Waals surface area contributed by atoms with Crippen molar-refractivity contribution in [3.63, 3.8) is 0 Å². The van der Waals surface area contributed by atoms with Crippen LogP contribution in [0.1, 0.15) is 34.9 Å². The average Bonchev–Trinajstić information content (AvgIpc) is 3.47. The van der Waals surface area contributed by atoms with E-state index < -0.39 is 0 Å². The highest BCUT2D eigenvalue weighted by atomic mass is 32.1. The first-order chi connectivity index (χ1) is 13.2. The van der Waals surface area contributed by atoms with Gasteiger partial charge in [0, 0.05) is 17.5 Å². The van der Waals surface area contributed by atoms with Gasteiger partial charge in [0.2, 0.25) is 0 Å². The minimum atomic E-state index is -0.0329. The molecule has 2 aromatic heterocycles. The third-order valence-electron chi connectivity index (χ3n) is 4.76. The summed E-state index contributed by atoms with van der Waals surface area (Å²) in [5, 5.41) is 4.77. The molecule has 1 aliphatic heterocycles. The molecule has 4 rings (SSSR count). The lowest BCUT2D eigenvalue weighted by molar-refractivity contribution is 0.0729. The number of amides is 1. The Balaban J connectivity index is 1.63. The molecule has 1 saturated heterocycles. The maximum Gasteiger partial charge on any atom is 0.273 e. The van der Waals surface area contributed by atoms with Crippen LogP contribution in [0.4, 0.5) is 0 Å². The van der Waals surface area contributed by atoms with Gasteiger partial charge in [-0.05, 0) is 42.5 Å². The number of thiazole rings is 1. The van der Waals surface area contributed by atoms with Gasteiger partial charge in [0.25, 0.3) is 5.91 Å². The van der Waals surface area contributed by atoms with Gasteiger partial charge < -0.3 is 14.4 Å². The lowest BCUT2D eigenvalue weighted by Crippen LogP contribution is -2.31. The molecule has 5 nitrogen and oxygen atoms in total. The second-order valence-electron chi connectivity index (χ2n) is 6.28. The second-order valence-corrected chi connectivity index (χ2v) is 8.09. The van der Waals surface area contributed by atoms with Gasteiger partial charge >= 0.3 is 0 Å². The number of carbonyl (C=O) groups is 1. The molecule has 3 heterocycles. The Morgan fingerprint density at radius 2 is 2.11 bits per heavy atom. The number of hydrogen-bond donors (Lipinski definition) is 0. The monoisotopic (exact) mass is 400 g/mol. The third kappa shape index (κ3) is 3.44. The normalized spacial score (nSPS) is 16.5. The summed E-state index contributed by atoms with van der Waals surface area (Å²) < 4.78 is 10.9. The number of likely N-dealkylation sites (tertiary alicyclic amines) is 1. The van der Waals surface area contributed by atoms with Crippen molar-refractivity contribution < 1.29 is 14.3 Å². The lowest BCUT2D eigenvalue weighted by Gasteiger charge is -2.26. The van der Waals surface area contributed by atoms with E-state index in [-0.39, 0.29) is 11.9 Å². The Labute approximate surface area is 166 Å². The largest absolute Gasteiger partial charge is 0.497 e. The van der Waals surface area contributed by atoms with Crippen molar-refractivity contribution >= 4 is 28.6 Å². The van der Waals surface area contributed by atoms with E-state index in [0.29, 0.717) is 5.69 Å². The van der Waals surface area contributed by atoms with E-state index >= 15 is 0 Å². The number of rotatable bonds is 5. The Morgan fingerprint density at radius 1 is 1.22 bits per heavy atom. The summed E-state index contributed by atoms with van der Waals surface area (Å²) in [6.45, 7) is 0.718. The van der Waals surface area contributed by atoms with E-state index in [0.717, 1.165) is 46.3 Å². The van der Waals surface area contributed by atoms with E-state index in [1.165, 1.54) is 11.3 Å². The summed E-state index contributed by atoms with van der Waals surface area (Å²) >= 11 is 3.14. The van der Waals surface area contributed by atoms with Crippen molar-refractivity contribution in [2.24, 2.45) is 0 Å². The molecule has 0 N–H and O–H groups in total. The van der Waals surface area contributed by atoms with Gasteiger partial charge in [-0.25, -0.2) is 4.98 Å². The molecule has 0 bridgehead atoms. The Morgan fingerprint density at radius 3 is 2.85 bits per heavy atom. The molecule has 1 fully saturated rings. The minimum Gasteiger partial charge on any atom is -0.497 e. The highest BCUT2D eigenvalue weighted by molar-refractivity contribution is 7.20. The summed E-state index contributed by atoms with van der Waals surface area (Å²) in [5.74, 6) is 1.51. The van der Waals surface area contributed by atoms with Crippen LogP contribution in [-0.4, -0.2) is 36.6 Å². The molecule has 0 saturated carbocycles. The van der Waals surface area contributed by atoms with Gasteiger partial charge in [-0.2, -0.15) is 0 Å². The fourth-order valence-electron chi connectivity index (χ4n) is 3.47. The average molecular weight is 401 g/mol. The fourth-order valence-corrected chi connectivity index (χ4v) is 5.07. The van der Waals surface area contributed by atoms with Gasteiger partial charge in [-0.1, -0.05) is 6.07 Å². The molecule has 3 aromatic rings. The van der Waals surface area contributed by atoms with Crippen LogP contribution in [0, 0.1) is 0 Å². The molecule has 0 unspecified atom stereocenters. The van der Waals surface area contributed by atoms with Crippen LogP contribution in [0.15, 0.2) is 41.1 Å². The molecule has 27 heavy (non-hydrogen) atoms. The summed E-state index contributed by atoms with van der Waals surface area (Å²) in [4.78, 5) is 20.7. The number of hydrogen-bond acceptors (Lipinski definition) is 6. The minimum absolute atomic E-state index is 0.0265. The molecule has 1 atom stereocenters. The van der Waals surface area contributed by atoms with Crippen LogP contribution in [-0.2, 0) is 0 Å². The predicted molar refractivity (Wildman–Crippen MR) is 108 cm³/mol. The molecular formula is C20H20N2O3S2. The van der Waals surface area contributed by atoms with Crippen molar-refractivity contribution in [1.82, 2.24) is 9.88 Å². The number of nitrogens with zero attached hydrogens (tertiary/aromatic N) is 2. The second kappa shape index (κ2) is 7.70. The molecular weight excluding hydrogens is 380 g/mol. The number of methoxy groups -OCH3 is 2. The zero-order valence-electron chi connectivity index (χ0n) is 15.2. The van der Waals surface area contributed by atoms with E-state index in [9.17, 15) is 4.79 Å². The molecule has 0 spiro atoms. The molecule has 1 aromatic carbocycles. The third-order valence-corrected chi connectivity index (χ3v) is 6.65. The van der Waals surface area contributed by atoms with Crippen molar-refractivity contribution in [2.45, 2.75) is 18.9 Å². The highest BCUT2D eigenvalue weighted by Gasteiger charge is 2.33. The van der Waals surface area contributed by atoms with E-state index in [4.69, 9.17) is 9.47 Å². The first-order valence-electron chi connectivity index (χ1n) is 8.73. The standard InChI is InChI=1S/C20H20N2O3S2/c1-24-13-7-8-17(25-2)14(11-13)16-5-3-9-22(16)20(23)15-12-27-19(21-15)18-6-4-10-26-18/h4,6-8,10-12,16H,3,5,9H2,1-2H3/t16-/m1/s1. The van der Waals surface area contributed by atoms with Crippen LogP contribution in [0.25, 0.3) is 9.88 Å². The fraction of sp³-hybridized carbons (Fsp3) is 0.300.